The molecule has 2 aliphatic carbocycles. The number of allylic oxidation sites excluding steroid dienone is 1. The highest BCUT2D eigenvalue weighted by molar-refractivity contribution is 5.75. The summed E-state index contributed by atoms with van der Waals surface area (Å²) in [5.41, 5.74) is 0.977. The van der Waals surface area contributed by atoms with E-state index in [9.17, 15) is 15.0 Å². The van der Waals surface area contributed by atoms with Crippen molar-refractivity contribution in [1.82, 2.24) is 0 Å². The SMILES string of the molecule is C=CC(=C)[C@H](O)C[C@H]1C(=C)CC[C@@H]2[C@]1(C)CCC[C@]2(C)C(=O)O. The van der Waals surface area contributed by atoms with Crippen molar-refractivity contribution in [3.63, 3.8) is 0 Å². The Balaban J connectivity index is 2.35. The summed E-state index contributed by atoms with van der Waals surface area (Å²) in [7, 11) is 0. The van der Waals surface area contributed by atoms with Crippen molar-refractivity contribution in [2.24, 2.45) is 22.7 Å². The van der Waals surface area contributed by atoms with E-state index in [0.29, 0.717) is 12.0 Å². The summed E-state index contributed by atoms with van der Waals surface area (Å²) >= 11 is 0. The van der Waals surface area contributed by atoms with Crippen LogP contribution in [0.2, 0.25) is 0 Å². The Morgan fingerprint density at radius 1 is 1.43 bits per heavy atom. The van der Waals surface area contributed by atoms with Gasteiger partial charge in [-0.1, -0.05) is 44.7 Å². The van der Waals surface area contributed by atoms with Gasteiger partial charge in [-0.05, 0) is 61.9 Å². The monoisotopic (exact) mass is 318 g/mol. The molecule has 0 heterocycles. The molecule has 0 bridgehead atoms. The van der Waals surface area contributed by atoms with Crippen molar-refractivity contribution in [3.05, 3.63) is 37.0 Å². The summed E-state index contributed by atoms with van der Waals surface area (Å²) in [5.74, 6) is -0.427. The van der Waals surface area contributed by atoms with Gasteiger partial charge in [0.15, 0.2) is 0 Å². The van der Waals surface area contributed by atoms with E-state index in [4.69, 9.17) is 0 Å². The molecule has 0 radical (unpaired) electrons. The van der Waals surface area contributed by atoms with Gasteiger partial charge in [-0.3, -0.25) is 4.79 Å². The zero-order valence-corrected chi connectivity index (χ0v) is 14.5. The van der Waals surface area contributed by atoms with E-state index >= 15 is 0 Å². The standard InChI is InChI=1S/C20H30O3/c1-6-13(2)16(21)12-15-14(3)8-9-17-19(15,4)10-7-11-20(17,5)18(22)23/h6,15-17,21H,1-3,7-12H2,4-5H3,(H,22,23)/t15-,16+,17+,19+,20-/m0/s1. The van der Waals surface area contributed by atoms with E-state index in [2.05, 4.69) is 26.7 Å². The van der Waals surface area contributed by atoms with E-state index in [1.165, 1.54) is 0 Å². The van der Waals surface area contributed by atoms with Crippen molar-refractivity contribution >= 4 is 5.97 Å². The number of aliphatic hydroxyl groups is 1. The van der Waals surface area contributed by atoms with Crippen LogP contribution < -0.4 is 0 Å². The van der Waals surface area contributed by atoms with E-state index in [1.54, 1.807) is 6.08 Å². The van der Waals surface area contributed by atoms with Crippen LogP contribution in [0.3, 0.4) is 0 Å². The first-order valence-corrected chi connectivity index (χ1v) is 8.57. The van der Waals surface area contributed by atoms with Gasteiger partial charge in [0.25, 0.3) is 0 Å². The third-order valence-electron chi connectivity index (χ3n) is 6.66. The number of aliphatic carboxylic acids is 1. The molecule has 3 heteroatoms. The molecule has 2 N–H and O–H groups in total. The van der Waals surface area contributed by atoms with Gasteiger partial charge in [-0.25, -0.2) is 0 Å². The zero-order chi connectivity index (χ0) is 17.4. The Morgan fingerprint density at radius 3 is 2.65 bits per heavy atom. The maximum absolute atomic E-state index is 11.9. The summed E-state index contributed by atoms with van der Waals surface area (Å²) in [4.78, 5) is 11.9. The lowest BCUT2D eigenvalue weighted by Crippen LogP contribution is -2.53. The van der Waals surface area contributed by atoms with Gasteiger partial charge < -0.3 is 10.2 Å². The molecule has 2 aliphatic rings. The first-order chi connectivity index (χ1) is 10.7. The first-order valence-electron chi connectivity index (χ1n) is 8.57. The molecule has 0 unspecified atom stereocenters. The van der Waals surface area contributed by atoms with Gasteiger partial charge in [0, 0.05) is 0 Å². The molecule has 0 aromatic rings. The molecule has 2 saturated carbocycles. The van der Waals surface area contributed by atoms with Gasteiger partial charge >= 0.3 is 5.97 Å². The van der Waals surface area contributed by atoms with Gasteiger partial charge in [-0.2, -0.15) is 0 Å². The number of hydrogen-bond acceptors (Lipinski definition) is 2. The topological polar surface area (TPSA) is 57.5 Å². The lowest BCUT2D eigenvalue weighted by Gasteiger charge is -2.57. The Labute approximate surface area is 139 Å². The van der Waals surface area contributed by atoms with E-state index in [1.807, 2.05) is 6.92 Å². The fourth-order valence-corrected chi connectivity index (χ4v) is 5.15. The third-order valence-corrected chi connectivity index (χ3v) is 6.66. The molecule has 0 aromatic heterocycles. The van der Waals surface area contributed by atoms with Crippen LogP contribution in [-0.2, 0) is 4.79 Å². The molecule has 2 rings (SSSR count). The van der Waals surface area contributed by atoms with E-state index < -0.39 is 17.5 Å². The lowest BCUT2D eigenvalue weighted by molar-refractivity contribution is -0.164. The highest BCUT2D eigenvalue weighted by Gasteiger charge is 2.57. The molecule has 0 aromatic carbocycles. The molecule has 0 spiro atoms. The summed E-state index contributed by atoms with van der Waals surface area (Å²) in [6.07, 6.45) is 5.90. The largest absolute Gasteiger partial charge is 0.481 e. The van der Waals surface area contributed by atoms with Crippen molar-refractivity contribution < 1.29 is 15.0 Å². The number of aliphatic hydroxyl groups excluding tert-OH is 1. The second-order valence-corrected chi connectivity index (χ2v) is 7.91. The average Bonchev–Trinajstić information content (AvgIpc) is 2.49. The van der Waals surface area contributed by atoms with Crippen LogP contribution in [-0.4, -0.2) is 22.3 Å². The highest BCUT2D eigenvalue weighted by Crippen LogP contribution is 2.62. The molecular formula is C20H30O3. The Kier molecular flexibility index (Phi) is 4.91. The van der Waals surface area contributed by atoms with Crippen LogP contribution in [0.25, 0.3) is 0 Å². The second-order valence-electron chi connectivity index (χ2n) is 7.91. The fourth-order valence-electron chi connectivity index (χ4n) is 5.15. The molecule has 0 amide bonds. The average molecular weight is 318 g/mol. The molecule has 5 atom stereocenters. The summed E-state index contributed by atoms with van der Waals surface area (Å²) in [6, 6.07) is 0. The molecule has 23 heavy (non-hydrogen) atoms. The van der Waals surface area contributed by atoms with Crippen molar-refractivity contribution in [1.29, 1.82) is 0 Å². The Bertz CT molecular complexity index is 535. The van der Waals surface area contributed by atoms with Crippen LogP contribution in [0.5, 0.6) is 0 Å². The normalized spacial score (nSPS) is 38.5. The lowest BCUT2D eigenvalue weighted by atomic mass is 9.46. The maximum Gasteiger partial charge on any atom is 0.309 e. The predicted molar refractivity (Wildman–Crippen MR) is 93.0 cm³/mol. The second kappa shape index (κ2) is 6.27. The molecule has 128 valence electrons. The summed E-state index contributed by atoms with van der Waals surface area (Å²) in [5, 5.41) is 20.2. The molecule has 0 saturated heterocycles. The maximum atomic E-state index is 11.9. The van der Waals surface area contributed by atoms with Gasteiger partial charge in [-0.15, -0.1) is 0 Å². The molecule has 2 fully saturated rings. The van der Waals surface area contributed by atoms with Crippen LogP contribution in [0.15, 0.2) is 37.0 Å². The van der Waals surface area contributed by atoms with Crippen LogP contribution >= 0.6 is 0 Å². The van der Waals surface area contributed by atoms with Gasteiger partial charge in [0.1, 0.15) is 0 Å². The van der Waals surface area contributed by atoms with E-state index in [0.717, 1.165) is 37.7 Å². The van der Waals surface area contributed by atoms with Crippen molar-refractivity contribution in [3.8, 4) is 0 Å². The van der Waals surface area contributed by atoms with Crippen LogP contribution in [0.4, 0.5) is 0 Å². The molecule has 3 nitrogen and oxygen atoms in total. The number of hydrogen-bond donors (Lipinski definition) is 2. The highest BCUT2D eigenvalue weighted by atomic mass is 16.4. The summed E-state index contributed by atoms with van der Waals surface area (Å²) < 4.78 is 0. The molecular weight excluding hydrogens is 288 g/mol. The quantitative estimate of drug-likeness (QED) is 0.585. The number of fused-ring (bicyclic) bond motifs is 1. The van der Waals surface area contributed by atoms with Gasteiger partial charge in [0.2, 0.25) is 0 Å². The minimum Gasteiger partial charge on any atom is -0.481 e. The van der Waals surface area contributed by atoms with E-state index in [-0.39, 0.29) is 17.3 Å². The van der Waals surface area contributed by atoms with Gasteiger partial charge in [0.05, 0.1) is 11.5 Å². The Hall–Kier alpha value is -1.35. The number of rotatable bonds is 5. The number of carboxylic acid groups (broad SMARTS) is 1. The zero-order valence-electron chi connectivity index (χ0n) is 14.5. The van der Waals surface area contributed by atoms with Crippen LogP contribution in [0.1, 0.15) is 52.4 Å². The summed E-state index contributed by atoms with van der Waals surface area (Å²) in [6.45, 7) is 15.9. The third kappa shape index (κ3) is 2.91. The number of carbonyl (C=O) groups is 1. The fraction of sp³-hybridized carbons (Fsp3) is 0.650. The minimum absolute atomic E-state index is 0.122. The van der Waals surface area contributed by atoms with Crippen molar-refractivity contribution in [2.75, 3.05) is 0 Å². The number of carboxylic acids is 1. The minimum atomic E-state index is -0.685. The van der Waals surface area contributed by atoms with Crippen molar-refractivity contribution in [2.45, 2.75) is 58.5 Å². The predicted octanol–water partition coefficient (Wildman–Crippen LogP) is 4.34. The van der Waals surface area contributed by atoms with Crippen LogP contribution in [0, 0.1) is 22.7 Å². The first kappa shape index (κ1) is 18.0. The Morgan fingerprint density at radius 2 is 2.09 bits per heavy atom. The smallest absolute Gasteiger partial charge is 0.309 e. The molecule has 0 aliphatic heterocycles.